The minimum absolute atomic E-state index is 0.00813. The lowest BCUT2D eigenvalue weighted by molar-refractivity contribution is -0.142. The maximum Gasteiger partial charge on any atom is 0.317 e. The molecule has 0 saturated carbocycles. The molecule has 0 heterocycles. The van der Waals surface area contributed by atoms with Crippen molar-refractivity contribution in [3.63, 3.8) is 0 Å². The van der Waals surface area contributed by atoms with Gasteiger partial charge in [0, 0.05) is 30.3 Å². The molecule has 1 unspecified atom stereocenters. The molecule has 0 aliphatic rings. The fourth-order valence-corrected chi connectivity index (χ4v) is 3.67. The standard InChI is InChI=1S/C21H29N3O6S/c1-23(2)17(9-15-3-5-18(6-4-15)31-14-22)12-24(13-21(29)30)8-7-16(10-19(25)26)11-20(27)28/h3-6,16-17H,7-13H2,1-2H3,(H,25,26)(H,27,28)(H,29,30). The minimum atomic E-state index is -1.07. The lowest BCUT2D eigenvalue weighted by atomic mass is 9.97. The molecule has 0 fully saturated rings. The van der Waals surface area contributed by atoms with Crippen molar-refractivity contribution in [1.82, 2.24) is 9.80 Å². The number of hydrogen-bond donors (Lipinski definition) is 3. The number of carbonyl (C=O) groups is 3. The lowest BCUT2D eigenvalue weighted by Crippen LogP contribution is -2.44. The molecule has 10 heteroatoms. The van der Waals surface area contributed by atoms with Crippen molar-refractivity contribution >= 4 is 29.7 Å². The number of likely N-dealkylation sites (N-methyl/N-ethyl adjacent to an activating group) is 1. The van der Waals surface area contributed by atoms with Gasteiger partial charge < -0.3 is 20.2 Å². The average molecular weight is 452 g/mol. The topological polar surface area (TPSA) is 142 Å². The van der Waals surface area contributed by atoms with Gasteiger partial charge in [-0.3, -0.25) is 19.3 Å². The number of nitriles is 1. The number of benzene rings is 1. The molecule has 0 saturated heterocycles. The van der Waals surface area contributed by atoms with Gasteiger partial charge in [-0.05, 0) is 68.9 Å². The Labute approximate surface area is 186 Å². The first kappa shape index (κ1) is 26.4. The van der Waals surface area contributed by atoms with E-state index in [-0.39, 0.29) is 31.8 Å². The zero-order chi connectivity index (χ0) is 23.4. The van der Waals surface area contributed by atoms with E-state index in [1.54, 1.807) is 4.90 Å². The van der Waals surface area contributed by atoms with Crippen molar-refractivity contribution in [2.45, 2.75) is 36.6 Å². The zero-order valence-corrected chi connectivity index (χ0v) is 18.5. The second-order valence-electron chi connectivity index (χ2n) is 7.64. The van der Waals surface area contributed by atoms with Crippen LogP contribution in [0.4, 0.5) is 0 Å². The van der Waals surface area contributed by atoms with Gasteiger partial charge in [0.15, 0.2) is 0 Å². The van der Waals surface area contributed by atoms with Crippen LogP contribution in [0, 0.1) is 16.6 Å². The van der Waals surface area contributed by atoms with Crippen LogP contribution in [0.15, 0.2) is 29.2 Å². The number of nitrogens with zero attached hydrogens (tertiary/aromatic N) is 3. The van der Waals surface area contributed by atoms with E-state index in [2.05, 4.69) is 0 Å². The summed E-state index contributed by atoms with van der Waals surface area (Å²) in [7, 11) is 3.81. The number of carboxylic acids is 3. The highest BCUT2D eigenvalue weighted by Crippen LogP contribution is 2.19. The maximum absolute atomic E-state index is 11.3. The van der Waals surface area contributed by atoms with Gasteiger partial charge in [0.1, 0.15) is 5.40 Å². The predicted molar refractivity (Wildman–Crippen MR) is 116 cm³/mol. The van der Waals surface area contributed by atoms with Crippen molar-refractivity contribution in [3.05, 3.63) is 29.8 Å². The number of hydrogen-bond acceptors (Lipinski definition) is 7. The van der Waals surface area contributed by atoms with E-state index >= 15 is 0 Å². The van der Waals surface area contributed by atoms with Gasteiger partial charge in [0.2, 0.25) is 0 Å². The van der Waals surface area contributed by atoms with Crippen molar-refractivity contribution in [3.8, 4) is 5.40 Å². The van der Waals surface area contributed by atoms with Gasteiger partial charge in [-0.15, -0.1) is 0 Å². The Morgan fingerprint density at radius 3 is 2.06 bits per heavy atom. The highest BCUT2D eigenvalue weighted by Gasteiger charge is 2.22. The Hall–Kier alpha value is -2.61. The molecule has 31 heavy (non-hydrogen) atoms. The Morgan fingerprint density at radius 2 is 1.61 bits per heavy atom. The number of aliphatic carboxylic acids is 3. The molecule has 0 aromatic heterocycles. The smallest absolute Gasteiger partial charge is 0.317 e. The normalized spacial score (nSPS) is 12.1. The maximum atomic E-state index is 11.3. The first-order valence-electron chi connectivity index (χ1n) is 9.79. The van der Waals surface area contributed by atoms with Gasteiger partial charge in [-0.25, -0.2) is 0 Å². The summed E-state index contributed by atoms with van der Waals surface area (Å²) in [5, 5.41) is 38.1. The first-order valence-corrected chi connectivity index (χ1v) is 10.6. The van der Waals surface area contributed by atoms with Gasteiger partial charge >= 0.3 is 17.9 Å². The Balaban J connectivity index is 2.84. The van der Waals surface area contributed by atoms with E-state index in [0.29, 0.717) is 19.5 Å². The third-order valence-electron chi connectivity index (χ3n) is 4.90. The number of carboxylic acid groups (broad SMARTS) is 3. The molecule has 0 bridgehead atoms. The Kier molecular flexibility index (Phi) is 11.6. The van der Waals surface area contributed by atoms with E-state index in [4.69, 9.17) is 15.5 Å². The largest absolute Gasteiger partial charge is 0.481 e. The molecule has 1 atom stereocenters. The van der Waals surface area contributed by atoms with Crippen molar-refractivity contribution in [2.24, 2.45) is 5.92 Å². The SMILES string of the molecule is CN(C)C(Cc1ccc(SC#N)cc1)CN(CCC(CC(=O)O)CC(=O)O)CC(=O)O. The van der Waals surface area contributed by atoms with E-state index in [1.807, 2.05) is 48.7 Å². The third-order valence-corrected chi connectivity index (χ3v) is 5.50. The highest BCUT2D eigenvalue weighted by atomic mass is 32.2. The number of thiocyanates is 1. The Morgan fingerprint density at radius 1 is 1.03 bits per heavy atom. The minimum Gasteiger partial charge on any atom is -0.481 e. The van der Waals surface area contributed by atoms with Crippen LogP contribution in [-0.2, 0) is 20.8 Å². The molecule has 0 aliphatic carbocycles. The monoisotopic (exact) mass is 451 g/mol. The van der Waals surface area contributed by atoms with Crippen molar-refractivity contribution in [2.75, 3.05) is 33.7 Å². The van der Waals surface area contributed by atoms with E-state index < -0.39 is 23.8 Å². The summed E-state index contributed by atoms with van der Waals surface area (Å²) in [5.74, 6) is -3.70. The van der Waals surface area contributed by atoms with Crippen LogP contribution < -0.4 is 0 Å². The zero-order valence-electron chi connectivity index (χ0n) is 17.7. The highest BCUT2D eigenvalue weighted by molar-refractivity contribution is 8.03. The summed E-state index contributed by atoms with van der Waals surface area (Å²) < 4.78 is 0. The van der Waals surface area contributed by atoms with Crippen molar-refractivity contribution < 1.29 is 29.7 Å². The summed E-state index contributed by atoms with van der Waals surface area (Å²) in [4.78, 5) is 38.0. The molecule has 1 aromatic rings. The van der Waals surface area contributed by atoms with Crippen LogP contribution in [-0.4, -0.2) is 82.8 Å². The average Bonchev–Trinajstić information content (AvgIpc) is 2.65. The number of thioether (sulfide) groups is 1. The molecular formula is C21H29N3O6S. The van der Waals surface area contributed by atoms with E-state index in [0.717, 1.165) is 22.2 Å². The van der Waals surface area contributed by atoms with Crippen LogP contribution in [0.25, 0.3) is 0 Å². The van der Waals surface area contributed by atoms with Crippen LogP contribution >= 0.6 is 11.8 Å². The van der Waals surface area contributed by atoms with Crippen LogP contribution in [0.1, 0.15) is 24.8 Å². The quantitative estimate of drug-likeness (QED) is 0.268. The Bertz CT molecular complexity index is 762. The van der Waals surface area contributed by atoms with Gasteiger partial charge in [0.25, 0.3) is 0 Å². The fourth-order valence-electron chi connectivity index (χ4n) is 3.29. The second-order valence-corrected chi connectivity index (χ2v) is 8.50. The molecule has 1 aromatic carbocycles. The summed E-state index contributed by atoms with van der Waals surface area (Å²) >= 11 is 1.08. The van der Waals surface area contributed by atoms with Crippen LogP contribution in [0.2, 0.25) is 0 Å². The molecule has 170 valence electrons. The number of rotatable bonds is 15. The van der Waals surface area contributed by atoms with Gasteiger partial charge in [-0.1, -0.05) is 12.1 Å². The van der Waals surface area contributed by atoms with Gasteiger partial charge in [-0.2, -0.15) is 5.26 Å². The van der Waals surface area contributed by atoms with Crippen LogP contribution in [0.5, 0.6) is 0 Å². The summed E-state index contributed by atoms with van der Waals surface area (Å²) in [6, 6.07) is 7.60. The molecule has 0 radical (unpaired) electrons. The van der Waals surface area contributed by atoms with Gasteiger partial charge in [0.05, 0.1) is 6.54 Å². The molecule has 9 nitrogen and oxygen atoms in total. The predicted octanol–water partition coefficient (Wildman–Crippen LogP) is 2.07. The lowest BCUT2D eigenvalue weighted by Gasteiger charge is -2.31. The second kappa shape index (κ2) is 13.6. The summed E-state index contributed by atoms with van der Waals surface area (Å²) in [6.07, 6.45) is 0.412. The summed E-state index contributed by atoms with van der Waals surface area (Å²) in [6.45, 7) is 0.509. The third kappa shape index (κ3) is 11.4. The van der Waals surface area contributed by atoms with E-state index in [9.17, 15) is 19.5 Å². The molecule has 1 rings (SSSR count). The fraction of sp³-hybridized carbons (Fsp3) is 0.524. The summed E-state index contributed by atoms with van der Waals surface area (Å²) in [5.41, 5.74) is 1.05. The molecule has 0 amide bonds. The molecular weight excluding hydrogens is 422 g/mol. The molecule has 0 aliphatic heterocycles. The molecule has 3 N–H and O–H groups in total. The van der Waals surface area contributed by atoms with Crippen molar-refractivity contribution in [1.29, 1.82) is 5.26 Å². The molecule has 0 spiro atoms. The van der Waals surface area contributed by atoms with E-state index in [1.165, 1.54) is 0 Å². The first-order chi connectivity index (χ1) is 14.6. The van der Waals surface area contributed by atoms with Crippen LogP contribution in [0.3, 0.4) is 0 Å².